The van der Waals surface area contributed by atoms with Gasteiger partial charge in [0, 0.05) is 5.56 Å². The predicted octanol–water partition coefficient (Wildman–Crippen LogP) is 2.27. The fourth-order valence-electron chi connectivity index (χ4n) is 3.02. The van der Waals surface area contributed by atoms with Crippen LogP contribution < -0.4 is 4.72 Å². The van der Waals surface area contributed by atoms with Gasteiger partial charge in [-0.25, -0.2) is 8.42 Å². The van der Waals surface area contributed by atoms with Crippen LogP contribution in [0, 0.1) is 0 Å². The Bertz CT molecular complexity index is 938. The lowest BCUT2D eigenvalue weighted by Gasteiger charge is -2.16. The number of esters is 1. The summed E-state index contributed by atoms with van der Waals surface area (Å²) < 4.78 is 31.2. The van der Waals surface area contributed by atoms with Crippen LogP contribution >= 0.6 is 0 Å². The van der Waals surface area contributed by atoms with E-state index in [4.69, 9.17) is 4.74 Å². The Balaban J connectivity index is 1.51. The second-order valence-corrected chi connectivity index (χ2v) is 8.18. The number of ether oxygens (including phenoxy) is 1. The summed E-state index contributed by atoms with van der Waals surface area (Å²) in [7, 11) is -3.79. The highest BCUT2D eigenvalue weighted by Crippen LogP contribution is 2.22. The van der Waals surface area contributed by atoms with Gasteiger partial charge < -0.3 is 4.74 Å². The molecule has 0 aromatic heterocycles. The van der Waals surface area contributed by atoms with Gasteiger partial charge in [0.1, 0.15) is 6.54 Å². The Morgan fingerprint density at radius 1 is 0.963 bits per heavy atom. The first-order valence-corrected chi connectivity index (χ1v) is 10.3. The number of carbonyl (C=O) groups is 2. The van der Waals surface area contributed by atoms with Gasteiger partial charge in [0.05, 0.1) is 4.90 Å². The van der Waals surface area contributed by atoms with Crippen LogP contribution in [0.25, 0.3) is 0 Å². The summed E-state index contributed by atoms with van der Waals surface area (Å²) in [6, 6.07) is 13.3. The average Bonchev–Trinajstić information content (AvgIpc) is 2.70. The Kier molecular flexibility index (Phi) is 6.03. The number of nitrogens with one attached hydrogen (secondary N) is 1. The van der Waals surface area contributed by atoms with E-state index in [2.05, 4.69) is 4.72 Å². The lowest BCUT2D eigenvalue weighted by atomic mass is 9.90. The maximum absolute atomic E-state index is 12.2. The maximum Gasteiger partial charge on any atom is 0.321 e. The van der Waals surface area contributed by atoms with Gasteiger partial charge >= 0.3 is 5.97 Å². The minimum absolute atomic E-state index is 0.0583. The molecule has 0 saturated heterocycles. The van der Waals surface area contributed by atoms with Crippen molar-refractivity contribution in [1.29, 1.82) is 0 Å². The van der Waals surface area contributed by atoms with Crippen molar-refractivity contribution < 1.29 is 22.7 Å². The summed E-state index contributed by atoms with van der Waals surface area (Å²) in [5.74, 6) is -1.11. The van der Waals surface area contributed by atoms with Crippen LogP contribution in [-0.2, 0) is 32.4 Å². The smallest absolute Gasteiger partial charge is 0.321 e. The lowest BCUT2D eigenvalue weighted by molar-refractivity contribution is -0.141. The fourth-order valence-corrected chi connectivity index (χ4v) is 4.01. The Morgan fingerprint density at radius 2 is 1.67 bits per heavy atom. The van der Waals surface area contributed by atoms with Gasteiger partial charge in [-0.2, -0.15) is 4.72 Å². The van der Waals surface area contributed by atoms with Crippen molar-refractivity contribution >= 4 is 21.8 Å². The lowest BCUT2D eigenvalue weighted by Crippen LogP contribution is -2.31. The zero-order chi connectivity index (χ0) is 19.3. The Labute approximate surface area is 158 Å². The number of fused-ring (bicyclic) bond motifs is 1. The molecule has 2 aromatic rings. The molecule has 0 amide bonds. The zero-order valence-electron chi connectivity index (χ0n) is 14.8. The van der Waals surface area contributed by atoms with Crippen molar-refractivity contribution in [2.75, 3.05) is 13.2 Å². The van der Waals surface area contributed by atoms with E-state index in [9.17, 15) is 18.0 Å². The molecule has 0 unspecified atom stereocenters. The summed E-state index contributed by atoms with van der Waals surface area (Å²) in [6.45, 7) is -0.945. The van der Waals surface area contributed by atoms with E-state index >= 15 is 0 Å². The SMILES string of the molecule is O=C(CNS(=O)(=O)c1ccccc1)OCC(=O)c1ccc2c(c1)CCCC2. The highest BCUT2D eigenvalue weighted by atomic mass is 32.2. The normalized spacial score (nSPS) is 13.6. The number of rotatable bonds is 7. The molecular formula is C20H21NO5S. The van der Waals surface area contributed by atoms with E-state index < -0.39 is 29.1 Å². The summed E-state index contributed by atoms with van der Waals surface area (Å²) in [5.41, 5.74) is 2.95. The van der Waals surface area contributed by atoms with Gasteiger partial charge in [-0.3, -0.25) is 9.59 Å². The molecule has 0 fully saturated rings. The quantitative estimate of drug-likeness (QED) is 0.581. The van der Waals surface area contributed by atoms with Crippen molar-refractivity contribution in [2.24, 2.45) is 0 Å². The number of hydrogen-bond acceptors (Lipinski definition) is 5. The third kappa shape index (κ3) is 5.02. The van der Waals surface area contributed by atoms with Crippen LogP contribution in [-0.4, -0.2) is 33.3 Å². The molecule has 142 valence electrons. The number of sulfonamides is 1. The predicted molar refractivity (Wildman–Crippen MR) is 100 cm³/mol. The summed E-state index contributed by atoms with van der Waals surface area (Å²) in [6.07, 6.45) is 4.26. The first-order chi connectivity index (χ1) is 13.0. The number of aryl methyl sites for hydroxylation is 2. The number of hydrogen-bond donors (Lipinski definition) is 1. The molecule has 7 heteroatoms. The van der Waals surface area contributed by atoms with Crippen LogP contribution in [0.2, 0.25) is 0 Å². The van der Waals surface area contributed by atoms with Crippen molar-refractivity contribution in [1.82, 2.24) is 4.72 Å². The number of benzene rings is 2. The molecule has 27 heavy (non-hydrogen) atoms. The average molecular weight is 387 g/mol. The van der Waals surface area contributed by atoms with Gasteiger partial charge in [-0.05, 0) is 55.0 Å². The summed E-state index contributed by atoms with van der Waals surface area (Å²) in [4.78, 5) is 24.1. The molecule has 0 bridgehead atoms. The fraction of sp³-hybridized carbons (Fsp3) is 0.300. The van der Waals surface area contributed by atoms with Gasteiger partial charge in [0.25, 0.3) is 0 Å². The molecule has 2 aromatic carbocycles. The summed E-state index contributed by atoms with van der Waals surface area (Å²) >= 11 is 0. The molecule has 0 atom stereocenters. The topological polar surface area (TPSA) is 89.5 Å². The van der Waals surface area contributed by atoms with Crippen LogP contribution in [0.3, 0.4) is 0 Å². The van der Waals surface area contributed by atoms with Crippen LogP contribution in [0.5, 0.6) is 0 Å². The highest BCUT2D eigenvalue weighted by molar-refractivity contribution is 7.89. The third-order valence-electron chi connectivity index (χ3n) is 4.49. The van der Waals surface area contributed by atoms with Gasteiger partial charge in [0.2, 0.25) is 10.0 Å². The van der Waals surface area contributed by atoms with Crippen LogP contribution in [0.15, 0.2) is 53.4 Å². The summed E-state index contributed by atoms with van der Waals surface area (Å²) in [5, 5.41) is 0. The third-order valence-corrected chi connectivity index (χ3v) is 5.91. The first kappa shape index (κ1) is 19.3. The minimum atomic E-state index is -3.79. The molecule has 0 heterocycles. The first-order valence-electron chi connectivity index (χ1n) is 8.81. The molecular weight excluding hydrogens is 366 g/mol. The van der Waals surface area contributed by atoms with Crippen LogP contribution in [0.1, 0.15) is 34.3 Å². The van der Waals surface area contributed by atoms with Crippen molar-refractivity contribution in [2.45, 2.75) is 30.6 Å². The van der Waals surface area contributed by atoms with E-state index in [1.165, 1.54) is 23.3 Å². The molecule has 0 radical (unpaired) electrons. The molecule has 0 aliphatic heterocycles. The number of carbonyl (C=O) groups excluding carboxylic acids is 2. The number of ketones is 1. The second kappa shape index (κ2) is 8.45. The van der Waals surface area contributed by atoms with E-state index in [0.29, 0.717) is 5.56 Å². The van der Waals surface area contributed by atoms with Gasteiger partial charge in [-0.1, -0.05) is 30.3 Å². The maximum atomic E-state index is 12.2. The molecule has 0 spiro atoms. The van der Waals surface area contributed by atoms with E-state index in [1.807, 2.05) is 12.1 Å². The van der Waals surface area contributed by atoms with Crippen molar-refractivity contribution in [3.05, 3.63) is 65.2 Å². The van der Waals surface area contributed by atoms with E-state index in [0.717, 1.165) is 25.7 Å². The minimum Gasteiger partial charge on any atom is -0.456 e. The highest BCUT2D eigenvalue weighted by Gasteiger charge is 2.17. The van der Waals surface area contributed by atoms with Crippen molar-refractivity contribution in [3.63, 3.8) is 0 Å². The van der Waals surface area contributed by atoms with Crippen molar-refractivity contribution in [3.8, 4) is 0 Å². The molecule has 3 rings (SSSR count). The molecule has 1 N–H and O–H groups in total. The standard InChI is InChI=1S/C20H21NO5S/c22-19(17-11-10-15-6-4-5-7-16(15)12-17)14-26-20(23)13-21-27(24,25)18-8-2-1-3-9-18/h1-3,8-12,21H,4-7,13-14H2. The molecule has 1 aliphatic rings. The Morgan fingerprint density at radius 3 is 2.41 bits per heavy atom. The number of Topliss-reactive ketones (excluding diaryl/α,β-unsaturated/α-hetero) is 1. The second-order valence-electron chi connectivity index (χ2n) is 6.41. The largest absolute Gasteiger partial charge is 0.456 e. The monoisotopic (exact) mass is 387 g/mol. The Hall–Kier alpha value is -2.51. The van der Waals surface area contributed by atoms with Gasteiger partial charge in [0.15, 0.2) is 12.4 Å². The van der Waals surface area contributed by atoms with Crippen LogP contribution in [0.4, 0.5) is 0 Å². The molecule has 1 aliphatic carbocycles. The zero-order valence-corrected chi connectivity index (χ0v) is 15.6. The molecule has 6 nitrogen and oxygen atoms in total. The van der Waals surface area contributed by atoms with E-state index in [1.54, 1.807) is 24.3 Å². The van der Waals surface area contributed by atoms with Gasteiger partial charge in [-0.15, -0.1) is 0 Å². The molecule has 0 saturated carbocycles. The van der Waals surface area contributed by atoms with E-state index in [-0.39, 0.29) is 10.7 Å².